The molecule has 0 fully saturated rings. The van der Waals surface area contributed by atoms with Gasteiger partial charge in [-0.3, -0.25) is 0 Å². The monoisotopic (exact) mass is 126 g/mol. The molecule has 0 aliphatic carbocycles. The van der Waals surface area contributed by atoms with Gasteiger partial charge in [0, 0.05) is 12.9 Å². The summed E-state index contributed by atoms with van der Waals surface area (Å²) >= 11 is 3.61. The molecule has 0 unspecified atom stereocenters. The van der Waals surface area contributed by atoms with E-state index < -0.39 is 0 Å². The van der Waals surface area contributed by atoms with Gasteiger partial charge in [0.2, 0.25) is 0 Å². The van der Waals surface area contributed by atoms with E-state index in [2.05, 4.69) is 17.1 Å². The number of hydrogen-bond donors (Lipinski definition) is 1. The fourth-order valence-electron chi connectivity index (χ4n) is 0.481. The van der Waals surface area contributed by atoms with Crippen LogP contribution in [0.3, 0.4) is 0 Å². The van der Waals surface area contributed by atoms with Crippen molar-refractivity contribution in [3.63, 3.8) is 0 Å². The Kier molecular flexibility index (Phi) is 1.80. The van der Waals surface area contributed by atoms with Gasteiger partial charge in [0.25, 0.3) is 0 Å². The van der Waals surface area contributed by atoms with Gasteiger partial charge in [0.05, 0.1) is 0 Å². The third-order valence-corrected chi connectivity index (χ3v) is 1.06. The van der Waals surface area contributed by atoms with Crippen LogP contribution >= 0.6 is 12.9 Å². The third-order valence-electron chi connectivity index (χ3n) is 0.849. The maximum absolute atomic E-state index is 4.61. The van der Waals surface area contributed by atoms with E-state index in [4.69, 9.17) is 0 Å². The molecular weight excluding hydrogens is 120 g/mol. The van der Waals surface area contributed by atoms with Gasteiger partial charge in [-0.1, -0.05) is 18.2 Å². The van der Waals surface area contributed by atoms with E-state index >= 15 is 0 Å². The largest absolute Gasteiger partial charge is 0.429 e. The molecule has 0 aliphatic rings. The molecular formula is C6H6OS. The van der Waals surface area contributed by atoms with Crippen LogP contribution in [-0.4, -0.2) is 0 Å². The zero-order chi connectivity index (χ0) is 5.82. The van der Waals surface area contributed by atoms with Crippen molar-refractivity contribution in [2.75, 3.05) is 0 Å². The standard InChI is InChI=1S/C6H6OS/c8-7-6-4-2-1-3-5-6/h1-5,8H. The molecule has 0 amide bonds. The highest BCUT2D eigenvalue weighted by Gasteiger charge is 1.81. The number of rotatable bonds is 1. The molecule has 0 atom stereocenters. The Bertz CT molecular complexity index is 150. The third kappa shape index (κ3) is 1.17. The Balaban J connectivity index is 2.83. The highest BCUT2D eigenvalue weighted by atomic mass is 32.1. The number of benzene rings is 1. The molecule has 1 nitrogen and oxygen atoms in total. The van der Waals surface area contributed by atoms with Gasteiger partial charge < -0.3 is 4.18 Å². The molecule has 0 spiro atoms. The second kappa shape index (κ2) is 2.62. The summed E-state index contributed by atoms with van der Waals surface area (Å²) in [5.41, 5.74) is 0. The maximum atomic E-state index is 4.61. The van der Waals surface area contributed by atoms with E-state index in [1.165, 1.54) is 0 Å². The molecule has 0 N–H and O–H groups in total. The minimum absolute atomic E-state index is 0.774. The molecule has 1 aromatic rings. The maximum Gasteiger partial charge on any atom is 0.136 e. The van der Waals surface area contributed by atoms with Crippen LogP contribution in [0.15, 0.2) is 30.3 Å². The molecule has 42 valence electrons. The topological polar surface area (TPSA) is 9.23 Å². The van der Waals surface area contributed by atoms with Crippen LogP contribution in [0.4, 0.5) is 0 Å². The molecule has 0 bridgehead atoms. The number of hydrogen-bond acceptors (Lipinski definition) is 2. The van der Waals surface area contributed by atoms with E-state index in [1.807, 2.05) is 30.3 Å². The van der Waals surface area contributed by atoms with Gasteiger partial charge in [0.15, 0.2) is 0 Å². The van der Waals surface area contributed by atoms with Gasteiger partial charge >= 0.3 is 0 Å². The quantitative estimate of drug-likeness (QED) is 0.446. The van der Waals surface area contributed by atoms with Crippen LogP contribution in [0.5, 0.6) is 5.75 Å². The average molecular weight is 126 g/mol. The molecule has 1 rings (SSSR count). The summed E-state index contributed by atoms with van der Waals surface area (Å²) in [6.45, 7) is 0. The van der Waals surface area contributed by atoms with Gasteiger partial charge in [-0.05, 0) is 12.1 Å². The lowest BCUT2D eigenvalue weighted by Crippen LogP contribution is -1.69. The fourth-order valence-corrected chi connectivity index (χ4v) is 0.603. The lowest BCUT2D eigenvalue weighted by molar-refractivity contribution is 0.659. The first-order chi connectivity index (χ1) is 3.93. The van der Waals surface area contributed by atoms with Crippen molar-refractivity contribution in [3.05, 3.63) is 30.3 Å². The summed E-state index contributed by atoms with van der Waals surface area (Å²) in [5.74, 6) is 0.774. The van der Waals surface area contributed by atoms with Crippen molar-refractivity contribution in [2.45, 2.75) is 0 Å². The molecule has 0 saturated heterocycles. The fraction of sp³-hybridized carbons (Fsp3) is 0. The van der Waals surface area contributed by atoms with E-state index in [9.17, 15) is 0 Å². The Labute approximate surface area is 53.9 Å². The highest BCUT2D eigenvalue weighted by Crippen LogP contribution is 2.08. The summed E-state index contributed by atoms with van der Waals surface area (Å²) in [5, 5.41) is 0. The summed E-state index contributed by atoms with van der Waals surface area (Å²) in [6, 6.07) is 9.40. The zero-order valence-corrected chi connectivity index (χ0v) is 5.14. The number of para-hydroxylation sites is 1. The Morgan fingerprint density at radius 1 is 1.12 bits per heavy atom. The summed E-state index contributed by atoms with van der Waals surface area (Å²) in [6.07, 6.45) is 0. The Hall–Kier alpha value is -0.630. The van der Waals surface area contributed by atoms with Crippen molar-refractivity contribution in [1.82, 2.24) is 0 Å². The van der Waals surface area contributed by atoms with E-state index in [1.54, 1.807) is 0 Å². The Morgan fingerprint density at radius 3 is 2.12 bits per heavy atom. The number of thiol groups is 1. The molecule has 1 aromatic carbocycles. The zero-order valence-electron chi connectivity index (χ0n) is 4.24. The van der Waals surface area contributed by atoms with Crippen molar-refractivity contribution in [2.24, 2.45) is 0 Å². The lowest BCUT2D eigenvalue weighted by atomic mass is 10.3. The minimum atomic E-state index is 0.774. The summed E-state index contributed by atoms with van der Waals surface area (Å²) in [7, 11) is 0. The molecule has 0 radical (unpaired) electrons. The minimum Gasteiger partial charge on any atom is -0.429 e. The first-order valence-electron chi connectivity index (χ1n) is 2.30. The van der Waals surface area contributed by atoms with E-state index in [0.717, 1.165) is 5.75 Å². The molecule has 8 heavy (non-hydrogen) atoms. The van der Waals surface area contributed by atoms with Crippen molar-refractivity contribution >= 4 is 12.9 Å². The summed E-state index contributed by atoms with van der Waals surface area (Å²) < 4.78 is 4.61. The highest BCUT2D eigenvalue weighted by molar-refractivity contribution is 7.75. The molecule has 0 heterocycles. The molecule has 0 saturated carbocycles. The molecule has 0 aromatic heterocycles. The lowest BCUT2D eigenvalue weighted by Gasteiger charge is -1.91. The van der Waals surface area contributed by atoms with Crippen LogP contribution in [-0.2, 0) is 0 Å². The second-order valence-corrected chi connectivity index (χ2v) is 1.59. The SMILES string of the molecule is SOc1ccccc1. The van der Waals surface area contributed by atoms with Crippen LogP contribution in [0, 0.1) is 0 Å². The van der Waals surface area contributed by atoms with Gasteiger partial charge in [-0.25, -0.2) is 0 Å². The van der Waals surface area contributed by atoms with Gasteiger partial charge in [-0.15, -0.1) is 0 Å². The predicted octanol–water partition coefficient (Wildman–Crippen LogP) is 1.91. The smallest absolute Gasteiger partial charge is 0.136 e. The van der Waals surface area contributed by atoms with Crippen LogP contribution < -0.4 is 4.18 Å². The normalized spacial score (nSPS) is 8.62. The first kappa shape index (κ1) is 5.51. The second-order valence-electron chi connectivity index (χ2n) is 1.40. The van der Waals surface area contributed by atoms with E-state index in [0.29, 0.717) is 0 Å². The molecule has 2 heteroatoms. The van der Waals surface area contributed by atoms with Crippen LogP contribution in [0.25, 0.3) is 0 Å². The van der Waals surface area contributed by atoms with Gasteiger partial charge in [-0.2, -0.15) is 0 Å². The summed E-state index contributed by atoms with van der Waals surface area (Å²) in [4.78, 5) is 0. The van der Waals surface area contributed by atoms with Crippen LogP contribution in [0.2, 0.25) is 0 Å². The van der Waals surface area contributed by atoms with Crippen molar-refractivity contribution < 1.29 is 4.18 Å². The molecule has 0 aliphatic heterocycles. The van der Waals surface area contributed by atoms with Crippen molar-refractivity contribution in [3.8, 4) is 5.75 Å². The van der Waals surface area contributed by atoms with Gasteiger partial charge in [0.1, 0.15) is 5.75 Å². The van der Waals surface area contributed by atoms with Crippen molar-refractivity contribution in [1.29, 1.82) is 0 Å². The predicted molar refractivity (Wildman–Crippen MR) is 36.1 cm³/mol. The van der Waals surface area contributed by atoms with Crippen LogP contribution in [0.1, 0.15) is 0 Å². The Morgan fingerprint density at radius 2 is 1.75 bits per heavy atom. The average Bonchev–Trinajstić information content (AvgIpc) is 1.90. The first-order valence-corrected chi connectivity index (χ1v) is 2.66. The van der Waals surface area contributed by atoms with E-state index in [-0.39, 0.29) is 0 Å².